The number of thiocarbonyl (C=S) groups is 1. The highest BCUT2D eigenvalue weighted by atomic mass is 32.1. The van der Waals surface area contributed by atoms with Crippen LogP contribution in [0.3, 0.4) is 0 Å². The quantitative estimate of drug-likeness (QED) is 0.383. The predicted molar refractivity (Wildman–Crippen MR) is 110 cm³/mol. The molecule has 132 valence electrons. The molecule has 0 saturated carbocycles. The molecule has 4 nitrogen and oxygen atoms in total. The van der Waals surface area contributed by atoms with Gasteiger partial charge in [-0.15, -0.1) is 0 Å². The van der Waals surface area contributed by atoms with Crippen molar-refractivity contribution in [1.82, 2.24) is 0 Å². The fourth-order valence-electron chi connectivity index (χ4n) is 2.90. The number of rotatable bonds is 4. The molecule has 1 aromatic heterocycles. The Kier molecular flexibility index (Phi) is 4.44. The van der Waals surface area contributed by atoms with E-state index in [4.69, 9.17) is 16.6 Å². The van der Waals surface area contributed by atoms with E-state index in [1.54, 1.807) is 18.2 Å². The molecule has 0 fully saturated rings. The molecule has 27 heavy (non-hydrogen) atoms. The van der Waals surface area contributed by atoms with E-state index in [0.29, 0.717) is 21.9 Å². The van der Waals surface area contributed by atoms with E-state index in [1.165, 1.54) is 6.07 Å². The summed E-state index contributed by atoms with van der Waals surface area (Å²) in [5.41, 5.74) is 2.12. The zero-order chi connectivity index (χ0) is 18.8. The fourth-order valence-corrected chi connectivity index (χ4v) is 3.18. The lowest BCUT2D eigenvalue weighted by Gasteiger charge is -2.08. The molecule has 0 atom stereocenters. The maximum Gasteiger partial charge on any atom is 0.259 e. The third-order valence-electron chi connectivity index (χ3n) is 4.22. The van der Waals surface area contributed by atoms with Crippen LogP contribution in [0.4, 0.5) is 5.69 Å². The summed E-state index contributed by atoms with van der Waals surface area (Å²) in [6, 6.07) is 23.3. The molecule has 0 aliphatic heterocycles. The van der Waals surface area contributed by atoms with Crippen molar-refractivity contribution in [3.63, 3.8) is 0 Å². The molecule has 3 aromatic carbocycles. The second-order valence-electron chi connectivity index (χ2n) is 5.97. The van der Waals surface area contributed by atoms with Gasteiger partial charge in [-0.3, -0.25) is 4.79 Å². The Morgan fingerprint density at radius 2 is 1.56 bits per heavy atom. The first kappa shape index (κ1) is 17.0. The lowest BCUT2D eigenvalue weighted by molar-refractivity contribution is 0.102. The van der Waals surface area contributed by atoms with E-state index >= 15 is 0 Å². The average Bonchev–Trinajstić information content (AvgIpc) is 3.07. The van der Waals surface area contributed by atoms with E-state index in [1.807, 2.05) is 54.6 Å². The van der Waals surface area contributed by atoms with Crippen LogP contribution < -0.4 is 5.32 Å². The molecular formula is C22H15NO3S. The van der Waals surface area contributed by atoms with Crippen LogP contribution in [0.5, 0.6) is 5.75 Å². The molecule has 1 amide bonds. The topological polar surface area (TPSA) is 62.5 Å². The highest BCUT2D eigenvalue weighted by molar-refractivity contribution is 7.81. The first-order chi connectivity index (χ1) is 13.1. The lowest BCUT2D eigenvalue weighted by Crippen LogP contribution is -2.14. The van der Waals surface area contributed by atoms with Crippen molar-refractivity contribution in [3.8, 4) is 5.75 Å². The van der Waals surface area contributed by atoms with Crippen molar-refractivity contribution in [2.24, 2.45) is 0 Å². The summed E-state index contributed by atoms with van der Waals surface area (Å²) >= 11 is 5.62. The summed E-state index contributed by atoms with van der Waals surface area (Å²) in [6.45, 7) is 0. The molecule has 0 aliphatic rings. The van der Waals surface area contributed by atoms with Crippen molar-refractivity contribution in [2.75, 3.05) is 5.32 Å². The van der Waals surface area contributed by atoms with Gasteiger partial charge in [0.2, 0.25) is 0 Å². The maximum atomic E-state index is 12.7. The van der Waals surface area contributed by atoms with Gasteiger partial charge in [-0.25, -0.2) is 0 Å². The van der Waals surface area contributed by atoms with Gasteiger partial charge in [-0.05, 0) is 29.8 Å². The molecular weight excluding hydrogens is 358 g/mol. The minimum Gasteiger partial charge on any atom is -0.507 e. The Morgan fingerprint density at radius 3 is 2.33 bits per heavy atom. The number of anilines is 1. The number of phenolic OH excluding ortho intramolecular Hbond substituents is 1. The average molecular weight is 373 g/mol. The molecule has 0 aliphatic carbocycles. The Hall–Kier alpha value is -3.44. The second kappa shape index (κ2) is 7.05. The highest BCUT2D eigenvalue weighted by Gasteiger charge is 2.22. The molecule has 0 unspecified atom stereocenters. The van der Waals surface area contributed by atoms with E-state index in [2.05, 4.69) is 5.32 Å². The number of hydrogen-bond acceptors (Lipinski definition) is 4. The first-order valence-electron chi connectivity index (χ1n) is 8.36. The van der Waals surface area contributed by atoms with Crippen molar-refractivity contribution in [2.45, 2.75) is 0 Å². The van der Waals surface area contributed by atoms with Crippen LogP contribution in [-0.2, 0) is 0 Å². The third kappa shape index (κ3) is 3.20. The number of carbonyl (C=O) groups excluding carboxylic acids is 1. The summed E-state index contributed by atoms with van der Waals surface area (Å²) in [5.74, 6) is -0.104. The van der Waals surface area contributed by atoms with Crippen LogP contribution in [0.2, 0.25) is 0 Å². The molecule has 0 radical (unpaired) electrons. The molecule has 0 bridgehead atoms. The molecule has 2 N–H and O–H groups in total. The number of para-hydroxylation sites is 2. The number of phenols is 1. The number of benzene rings is 3. The number of furan rings is 1. The summed E-state index contributed by atoms with van der Waals surface area (Å²) in [6.07, 6.45) is 0. The molecule has 4 rings (SSSR count). The van der Waals surface area contributed by atoms with Gasteiger partial charge < -0.3 is 14.8 Å². The number of nitrogens with one attached hydrogen (secondary N) is 1. The Balaban J connectivity index is 1.80. The van der Waals surface area contributed by atoms with Crippen molar-refractivity contribution in [1.29, 1.82) is 0 Å². The summed E-state index contributed by atoms with van der Waals surface area (Å²) < 4.78 is 5.96. The Bertz CT molecular complexity index is 1150. The predicted octanol–water partition coefficient (Wildman–Crippen LogP) is 5.16. The van der Waals surface area contributed by atoms with Gasteiger partial charge in [0.1, 0.15) is 11.3 Å². The lowest BCUT2D eigenvalue weighted by atomic mass is 10.1. The van der Waals surface area contributed by atoms with Crippen molar-refractivity contribution in [3.05, 3.63) is 95.7 Å². The second-order valence-corrected chi connectivity index (χ2v) is 6.38. The molecule has 1 heterocycles. The van der Waals surface area contributed by atoms with Gasteiger partial charge >= 0.3 is 0 Å². The summed E-state index contributed by atoms with van der Waals surface area (Å²) in [5, 5.41) is 13.6. The standard InChI is InChI=1S/C22H15NO3S/c24-17-12-6-4-10-15(17)22(25)23-19-16-11-5-7-13-18(16)26-20(19)21(27)14-8-2-1-3-9-14/h1-13,24H,(H,23,25). The zero-order valence-corrected chi connectivity index (χ0v) is 15.0. The number of carbonyl (C=O) groups is 1. The van der Waals surface area contributed by atoms with Crippen LogP contribution in [-0.4, -0.2) is 15.9 Å². The van der Waals surface area contributed by atoms with E-state index in [9.17, 15) is 9.90 Å². The van der Waals surface area contributed by atoms with E-state index in [-0.39, 0.29) is 11.3 Å². The summed E-state index contributed by atoms with van der Waals surface area (Å²) in [4.78, 5) is 13.2. The molecule has 4 aromatic rings. The Labute approximate surface area is 161 Å². The van der Waals surface area contributed by atoms with Crippen LogP contribution >= 0.6 is 12.2 Å². The van der Waals surface area contributed by atoms with Crippen LogP contribution in [0.15, 0.2) is 83.3 Å². The SMILES string of the molecule is O=C(Nc1c(C(=S)c2ccccc2)oc2ccccc12)c1ccccc1O. The van der Waals surface area contributed by atoms with Gasteiger partial charge in [0.05, 0.1) is 16.1 Å². The van der Waals surface area contributed by atoms with Gasteiger partial charge in [0, 0.05) is 5.39 Å². The first-order valence-corrected chi connectivity index (χ1v) is 8.76. The summed E-state index contributed by atoms with van der Waals surface area (Å²) in [7, 11) is 0. The van der Waals surface area contributed by atoms with Crippen molar-refractivity contribution >= 4 is 39.6 Å². The number of aromatic hydroxyl groups is 1. The molecule has 5 heteroatoms. The normalized spacial score (nSPS) is 10.7. The fraction of sp³-hybridized carbons (Fsp3) is 0. The number of amides is 1. The van der Waals surface area contributed by atoms with E-state index < -0.39 is 5.91 Å². The van der Waals surface area contributed by atoms with Crippen LogP contribution in [0.25, 0.3) is 11.0 Å². The van der Waals surface area contributed by atoms with Gasteiger partial charge in [0.25, 0.3) is 5.91 Å². The maximum absolute atomic E-state index is 12.7. The molecule has 0 saturated heterocycles. The Morgan fingerprint density at radius 1 is 0.889 bits per heavy atom. The smallest absolute Gasteiger partial charge is 0.259 e. The van der Waals surface area contributed by atoms with Crippen molar-refractivity contribution < 1.29 is 14.3 Å². The zero-order valence-electron chi connectivity index (χ0n) is 14.2. The van der Waals surface area contributed by atoms with Crippen LogP contribution in [0, 0.1) is 0 Å². The molecule has 0 spiro atoms. The highest BCUT2D eigenvalue weighted by Crippen LogP contribution is 2.33. The van der Waals surface area contributed by atoms with Crippen LogP contribution in [0.1, 0.15) is 21.7 Å². The minimum absolute atomic E-state index is 0.0880. The van der Waals surface area contributed by atoms with Gasteiger partial charge in [0.15, 0.2) is 5.76 Å². The largest absolute Gasteiger partial charge is 0.507 e. The monoisotopic (exact) mass is 373 g/mol. The van der Waals surface area contributed by atoms with Gasteiger partial charge in [-0.1, -0.05) is 66.8 Å². The number of hydrogen-bond donors (Lipinski definition) is 2. The van der Waals surface area contributed by atoms with E-state index in [0.717, 1.165) is 10.9 Å². The minimum atomic E-state index is -0.434. The number of fused-ring (bicyclic) bond motifs is 1. The van der Waals surface area contributed by atoms with Gasteiger partial charge in [-0.2, -0.15) is 0 Å². The third-order valence-corrected chi connectivity index (χ3v) is 4.65.